The number of ether oxygens (including phenoxy) is 3. The quantitative estimate of drug-likeness (QED) is 0.624. The summed E-state index contributed by atoms with van der Waals surface area (Å²) in [6, 6.07) is 14.7. The predicted octanol–water partition coefficient (Wildman–Crippen LogP) is 2.71. The van der Waals surface area contributed by atoms with Crippen LogP contribution in [0.25, 0.3) is 0 Å². The first-order chi connectivity index (χ1) is 15.1. The van der Waals surface area contributed by atoms with Crippen molar-refractivity contribution in [3.8, 4) is 11.5 Å². The van der Waals surface area contributed by atoms with Gasteiger partial charge in [-0.1, -0.05) is 18.2 Å². The lowest BCUT2D eigenvalue weighted by Crippen LogP contribution is -2.36. The molecule has 1 saturated heterocycles. The number of nitrogens with one attached hydrogen (secondary N) is 1. The van der Waals surface area contributed by atoms with Gasteiger partial charge >= 0.3 is 0 Å². The zero-order valence-electron chi connectivity index (χ0n) is 18.3. The van der Waals surface area contributed by atoms with Crippen molar-refractivity contribution in [1.82, 2.24) is 10.2 Å². The highest BCUT2D eigenvalue weighted by Gasteiger charge is 2.41. The van der Waals surface area contributed by atoms with Gasteiger partial charge in [0.1, 0.15) is 11.5 Å². The van der Waals surface area contributed by atoms with Crippen LogP contribution in [0.4, 0.5) is 0 Å². The van der Waals surface area contributed by atoms with Crippen molar-refractivity contribution in [1.29, 1.82) is 0 Å². The zero-order valence-corrected chi connectivity index (χ0v) is 18.3. The minimum Gasteiger partial charge on any atom is -0.497 e. The van der Waals surface area contributed by atoms with Crippen LogP contribution in [0.3, 0.4) is 0 Å². The van der Waals surface area contributed by atoms with Crippen molar-refractivity contribution in [2.45, 2.75) is 12.3 Å². The molecule has 0 aromatic heterocycles. The summed E-state index contributed by atoms with van der Waals surface area (Å²) in [6.45, 7) is 1.87. The monoisotopic (exact) mass is 426 g/mol. The van der Waals surface area contributed by atoms with Gasteiger partial charge in [-0.15, -0.1) is 0 Å². The van der Waals surface area contributed by atoms with E-state index in [0.717, 1.165) is 12.0 Å². The predicted molar refractivity (Wildman–Crippen MR) is 118 cm³/mol. The Bertz CT molecular complexity index is 887. The fourth-order valence-electron chi connectivity index (χ4n) is 4.00. The minimum atomic E-state index is -0.392. The maximum atomic E-state index is 13.1. The van der Waals surface area contributed by atoms with Gasteiger partial charge in [-0.25, -0.2) is 0 Å². The van der Waals surface area contributed by atoms with Gasteiger partial charge in [0, 0.05) is 50.4 Å². The Labute approximate surface area is 183 Å². The number of hydrogen-bond donors (Lipinski definition) is 1. The Morgan fingerprint density at radius 3 is 2.48 bits per heavy atom. The smallest absolute Gasteiger partial charge is 0.253 e. The van der Waals surface area contributed by atoms with Crippen LogP contribution in [0.2, 0.25) is 0 Å². The maximum Gasteiger partial charge on any atom is 0.253 e. The van der Waals surface area contributed by atoms with Crippen LogP contribution in [0.1, 0.15) is 28.3 Å². The molecule has 7 nitrogen and oxygen atoms in total. The number of benzene rings is 2. The molecule has 0 unspecified atom stereocenters. The molecule has 2 atom stereocenters. The average Bonchev–Trinajstić information content (AvgIpc) is 3.26. The van der Waals surface area contributed by atoms with Gasteiger partial charge < -0.3 is 24.4 Å². The highest BCUT2D eigenvalue weighted by atomic mass is 16.5. The van der Waals surface area contributed by atoms with Crippen LogP contribution in [-0.2, 0) is 9.53 Å². The molecule has 0 bridgehead atoms. The number of amides is 2. The molecule has 1 N–H and O–H groups in total. The van der Waals surface area contributed by atoms with Crippen molar-refractivity contribution in [2.24, 2.45) is 5.92 Å². The molecular weight excluding hydrogens is 396 g/mol. The summed E-state index contributed by atoms with van der Waals surface area (Å²) in [5.41, 5.74) is 1.47. The molecule has 31 heavy (non-hydrogen) atoms. The van der Waals surface area contributed by atoms with Crippen LogP contribution in [0.15, 0.2) is 48.5 Å². The Balaban J connectivity index is 1.88. The summed E-state index contributed by atoms with van der Waals surface area (Å²) >= 11 is 0. The molecule has 166 valence electrons. The zero-order chi connectivity index (χ0) is 22.2. The third kappa shape index (κ3) is 5.35. The Hall–Kier alpha value is -3.06. The highest BCUT2D eigenvalue weighted by Crippen LogP contribution is 2.40. The first kappa shape index (κ1) is 22.6. The van der Waals surface area contributed by atoms with Crippen LogP contribution in [0, 0.1) is 5.92 Å². The van der Waals surface area contributed by atoms with E-state index in [2.05, 4.69) is 5.32 Å². The molecule has 0 aliphatic carbocycles. The van der Waals surface area contributed by atoms with E-state index in [9.17, 15) is 9.59 Å². The lowest BCUT2D eigenvalue weighted by Gasteiger charge is -2.21. The van der Waals surface area contributed by atoms with Gasteiger partial charge in [-0.3, -0.25) is 9.59 Å². The number of carbonyl (C=O) groups excluding carboxylic acids is 2. The maximum absolute atomic E-state index is 13.1. The molecule has 0 saturated carbocycles. The Morgan fingerprint density at radius 1 is 1.03 bits per heavy atom. The summed E-state index contributed by atoms with van der Waals surface area (Å²) in [4.78, 5) is 27.9. The largest absolute Gasteiger partial charge is 0.497 e. The van der Waals surface area contributed by atoms with Crippen LogP contribution in [-0.4, -0.2) is 64.3 Å². The lowest BCUT2D eigenvalue weighted by atomic mass is 9.87. The topological polar surface area (TPSA) is 77.1 Å². The third-order valence-electron chi connectivity index (χ3n) is 5.63. The average molecular weight is 427 g/mol. The number of methoxy groups -OCH3 is 3. The molecule has 1 aliphatic heterocycles. The van der Waals surface area contributed by atoms with E-state index in [4.69, 9.17) is 14.2 Å². The molecule has 2 aromatic rings. The van der Waals surface area contributed by atoms with Crippen LogP contribution >= 0.6 is 0 Å². The SMILES string of the molecule is COCCCNC(=O)[C@H]1CN(C(=O)c2ccccc2)C[C@H]1c1cc(OC)ccc1OC. The van der Waals surface area contributed by atoms with E-state index < -0.39 is 5.92 Å². The molecule has 2 aromatic carbocycles. The molecule has 0 spiro atoms. The van der Waals surface area contributed by atoms with Gasteiger partial charge in [0.2, 0.25) is 5.91 Å². The highest BCUT2D eigenvalue weighted by molar-refractivity contribution is 5.95. The van der Waals surface area contributed by atoms with E-state index in [1.807, 2.05) is 36.4 Å². The van der Waals surface area contributed by atoms with E-state index in [0.29, 0.717) is 43.3 Å². The number of nitrogens with zero attached hydrogens (tertiary/aromatic N) is 1. The van der Waals surface area contributed by atoms with Gasteiger partial charge in [-0.2, -0.15) is 0 Å². The molecule has 2 amide bonds. The number of rotatable bonds is 9. The van der Waals surface area contributed by atoms with Gasteiger partial charge in [-0.05, 0) is 36.8 Å². The van der Waals surface area contributed by atoms with Crippen molar-refractivity contribution in [2.75, 3.05) is 47.6 Å². The molecule has 1 fully saturated rings. The molecule has 7 heteroatoms. The van der Waals surface area contributed by atoms with Gasteiger partial charge in [0.05, 0.1) is 20.1 Å². The summed E-state index contributed by atoms with van der Waals surface area (Å²) in [7, 11) is 4.84. The second-order valence-corrected chi connectivity index (χ2v) is 7.53. The summed E-state index contributed by atoms with van der Waals surface area (Å²) < 4.78 is 16.0. The van der Waals surface area contributed by atoms with Gasteiger partial charge in [0.15, 0.2) is 0 Å². The first-order valence-corrected chi connectivity index (χ1v) is 10.4. The summed E-state index contributed by atoms with van der Waals surface area (Å²) in [5, 5.41) is 3.00. The molecular formula is C24H30N2O5. The van der Waals surface area contributed by atoms with Crippen LogP contribution in [0.5, 0.6) is 11.5 Å². The second kappa shape index (κ2) is 10.8. The number of likely N-dealkylation sites (tertiary alicyclic amines) is 1. The molecule has 1 aliphatic rings. The van der Waals surface area contributed by atoms with Crippen LogP contribution < -0.4 is 14.8 Å². The fourth-order valence-corrected chi connectivity index (χ4v) is 4.00. The first-order valence-electron chi connectivity index (χ1n) is 10.4. The van der Waals surface area contributed by atoms with Gasteiger partial charge in [0.25, 0.3) is 5.91 Å². The lowest BCUT2D eigenvalue weighted by molar-refractivity contribution is -0.125. The van der Waals surface area contributed by atoms with Crippen molar-refractivity contribution >= 4 is 11.8 Å². The molecule has 3 rings (SSSR count). The minimum absolute atomic E-state index is 0.0747. The number of hydrogen-bond acceptors (Lipinski definition) is 5. The van der Waals surface area contributed by atoms with E-state index in [-0.39, 0.29) is 17.7 Å². The van der Waals surface area contributed by atoms with E-state index in [1.165, 1.54) is 0 Å². The van der Waals surface area contributed by atoms with Crippen molar-refractivity contribution < 1.29 is 23.8 Å². The van der Waals surface area contributed by atoms with E-state index in [1.54, 1.807) is 38.4 Å². The summed E-state index contributed by atoms with van der Waals surface area (Å²) in [6.07, 6.45) is 0.731. The Morgan fingerprint density at radius 2 is 1.81 bits per heavy atom. The summed E-state index contributed by atoms with van der Waals surface area (Å²) in [5.74, 6) is 0.604. The van der Waals surface area contributed by atoms with E-state index >= 15 is 0 Å². The molecule has 1 heterocycles. The van der Waals surface area contributed by atoms with Crippen molar-refractivity contribution in [3.63, 3.8) is 0 Å². The van der Waals surface area contributed by atoms with Crippen molar-refractivity contribution in [3.05, 3.63) is 59.7 Å². The second-order valence-electron chi connectivity index (χ2n) is 7.53. The number of carbonyl (C=O) groups is 2. The normalized spacial score (nSPS) is 18.0. The Kier molecular flexibility index (Phi) is 7.89. The molecule has 0 radical (unpaired) electrons. The third-order valence-corrected chi connectivity index (χ3v) is 5.63. The standard InChI is InChI=1S/C24H30N2O5/c1-29-13-7-12-25-23(27)21-16-26(24(28)17-8-5-4-6-9-17)15-20(21)19-14-18(30-2)10-11-22(19)31-3/h4-6,8-11,14,20-21H,7,12-13,15-16H2,1-3H3,(H,25,27)/t20-,21-/m0/s1. The fraction of sp³-hybridized carbons (Fsp3) is 0.417.